The minimum Gasteiger partial charge on any atom is -0.318 e. The number of hydrogen-bond acceptors (Lipinski definition) is 6. The van der Waals surface area contributed by atoms with Crippen molar-refractivity contribution in [3.63, 3.8) is 0 Å². The van der Waals surface area contributed by atoms with Gasteiger partial charge in [-0.1, -0.05) is 0 Å². The average molecular weight is 372 g/mol. The molecule has 3 rings (SSSR count). The van der Waals surface area contributed by atoms with Crippen molar-refractivity contribution in [2.75, 3.05) is 5.32 Å². The van der Waals surface area contributed by atoms with Crippen LogP contribution in [0.3, 0.4) is 0 Å². The SMILES string of the molecule is CCn1cc([N+](=O)[O-])c(C(=O)Nc2cnn(Cc3cnn(CC)c3C)c2)n1. The lowest BCUT2D eigenvalue weighted by Crippen LogP contribution is -2.14. The Balaban J connectivity index is 1.74. The van der Waals surface area contributed by atoms with Gasteiger partial charge in [0.1, 0.15) is 6.20 Å². The third kappa shape index (κ3) is 3.71. The molecule has 11 nitrogen and oxygen atoms in total. The van der Waals surface area contributed by atoms with E-state index in [0.29, 0.717) is 18.8 Å². The number of amides is 1. The van der Waals surface area contributed by atoms with Gasteiger partial charge in [0.25, 0.3) is 5.91 Å². The molecule has 3 heterocycles. The molecule has 0 radical (unpaired) electrons. The van der Waals surface area contributed by atoms with E-state index in [4.69, 9.17) is 0 Å². The van der Waals surface area contributed by atoms with Crippen LogP contribution in [-0.2, 0) is 19.6 Å². The van der Waals surface area contributed by atoms with Gasteiger partial charge in [0.05, 0.1) is 29.5 Å². The number of rotatable bonds is 7. The molecule has 0 aliphatic heterocycles. The maximum absolute atomic E-state index is 12.4. The molecule has 3 aromatic heterocycles. The summed E-state index contributed by atoms with van der Waals surface area (Å²) >= 11 is 0. The van der Waals surface area contributed by atoms with Gasteiger partial charge in [0, 0.05) is 30.5 Å². The summed E-state index contributed by atoms with van der Waals surface area (Å²) in [6.07, 6.45) is 6.18. The topological polar surface area (TPSA) is 126 Å². The minimum atomic E-state index is -0.650. The van der Waals surface area contributed by atoms with Crippen LogP contribution in [0.15, 0.2) is 24.8 Å². The summed E-state index contributed by atoms with van der Waals surface area (Å²) in [4.78, 5) is 22.9. The summed E-state index contributed by atoms with van der Waals surface area (Å²) < 4.78 is 4.91. The van der Waals surface area contributed by atoms with Gasteiger partial charge in [-0.05, 0) is 20.8 Å². The average Bonchev–Trinajstić information content (AvgIpc) is 3.35. The smallest absolute Gasteiger partial charge is 0.318 e. The first-order valence-electron chi connectivity index (χ1n) is 8.49. The highest BCUT2D eigenvalue weighted by atomic mass is 16.6. The Hall–Kier alpha value is -3.50. The highest BCUT2D eigenvalue weighted by Gasteiger charge is 2.25. The molecule has 0 saturated heterocycles. The molecular weight excluding hydrogens is 352 g/mol. The highest BCUT2D eigenvalue weighted by Crippen LogP contribution is 2.19. The fraction of sp³-hybridized carbons (Fsp3) is 0.375. The van der Waals surface area contributed by atoms with Crippen LogP contribution in [0.1, 0.15) is 35.6 Å². The number of nitrogens with one attached hydrogen (secondary N) is 1. The Morgan fingerprint density at radius 1 is 1.19 bits per heavy atom. The molecule has 1 amide bonds. The Morgan fingerprint density at radius 3 is 2.59 bits per heavy atom. The number of nitro groups is 1. The summed E-state index contributed by atoms with van der Waals surface area (Å²) in [5, 5.41) is 26.2. The van der Waals surface area contributed by atoms with Crippen molar-refractivity contribution in [3.05, 3.63) is 51.9 Å². The van der Waals surface area contributed by atoms with Crippen LogP contribution in [-0.4, -0.2) is 40.2 Å². The fourth-order valence-corrected chi connectivity index (χ4v) is 2.71. The van der Waals surface area contributed by atoms with Gasteiger partial charge in [-0.2, -0.15) is 15.3 Å². The van der Waals surface area contributed by atoms with Crippen molar-refractivity contribution in [2.24, 2.45) is 0 Å². The van der Waals surface area contributed by atoms with Crippen LogP contribution in [0, 0.1) is 17.0 Å². The molecule has 1 N–H and O–H groups in total. The lowest BCUT2D eigenvalue weighted by atomic mass is 10.2. The summed E-state index contributed by atoms with van der Waals surface area (Å²) in [5.74, 6) is -0.650. The second-order valence-electron chi connectivity index (χ2n) is 5.93. The van der Waals surface area contributed by atoms with Gasteiger partial charge in [-0.15, -0.1) is 0 Å². The standard InChI is InChI=1S/C16H20N8O3/c1-4-21-10-14(24(26)27)15(20-21)16(25)19-13-7-17-22(9-13)8-12-6-18-23(5-2)11(12)3/h6-7,9-10H,4-5,8H2,1-3H3,(H,19,25). The Morgan fingerprint density at radius 2 is 1.96 bits per heavy atom. The Kier molecular flexibility index (Phi) is 5.01. The molecule has 0 aliphatic rings. The molecule has 0 saturated carbocycles. The first-order chi connectivity index (χ1) is 12.9. The predicted octanol–water partition coefficient (Wildman–Crippen LogP) is 1.83. The van der Waals surface area contributed by atoms with E-state index >= 15 is 0 Å². The van der Waals surface area contributed by atoms with E-state index in [1.54, 1.807) is 24.0 Å². The van der Waals surface area contributed by atoms with E-state index in [1.807, 2.05) is 18.5 Å². The molecule has 11 heteroatoms. The first-order valence-corrected chi connectivity index (χ1v) is 8.49. The number of hydrogen-bond donors (Lipinski definition) is 1. The van der Waals surface area contributed by atoms with E-state index in [9.17, 15) is 14.9 Å². The molecule has 142 valence electrons. The predicted molar refractivity (Wildman–Crippen MR) is 96.5 cm³/mol. The molecule has 0 bridgehead atoms. The van der Waals surface area contributed by atoms with Gasteiger partial charge >= 0.3 is 5.69 Å². The monoisotopic (exact) mass is 372 g/mol. The number of aromatic nitrogens is 6. The van der Waals surface area contributed by atoms with Crippen LogP contribution in [0.2, 0.25) is 0 Å². The summed E-state index contributed by atoms with van der Waals surface area (Å²) in [6.45, 7) is 7.51. The largest absolute Gasteiger partial charge is 0.320 e. The number of nitrogens with zero attached hydrogens (tertiary/aromatic N) is 7. The van der Waals surface area contributed by atoms with Gasteiger partial charge in [-0.3, -0.25) is 29.0 Å². The Labute approximate surface area is 154 Å². The summed E-state index contributed by atoms with van der Waals surface area (Å²) in [5.41, 5.74) is 1.95. The first kappa shape index (κ1) is 18.3. The number of carbonyl (C=O) groups is 1. The number of anilines is 1. The van der Waals surface area contributed by atoms with Crippen molar-refractivity contribution >= 4 is 17.3 Å². The van der Waals surface area contributed by atoms with Crippen LogP contribution >= 0.6 is 0 Å². The fourth-order valence-electron chi connectivity index (χ4n) is 2.71. The van der Waals surface area contributed by atoms with E-state index in [1.165, 1.54) is 17.1 Å². The second-order valence-corrected chi connectivity index (χ2v) is 5.93. The zero-order chi connectivity index (χ0) is 19.6. The third-order valence-corrected chi connectivity index (χ3v) is 4.21. The summed E-state index contributed by atoms with van der Waals surface area (Å²) in [7, 11) is 0. The molecular formula is C16H20N8O3. The van der Waals surface area contributed by atoms with Crippen LogP contribution in [0.4, 0.5) is 11.4 Å². The molecule has 27 heavy (non-hydrogen) atoms. The zero-order valence-electron chi connectivity index (χ0n) is 15.3. The maximum atomic E-state index is 12.4. The Bertz CT molecular complexity index is 984. The normalized spacial score (nSPS) is 10.9. The molecule has 0 spiro atoms. The van der Waals surface area contributed by atoms with Gasteiger partial charge in [0.2, 0.25) is 5.69 Å². The lowest BCUT2D eigenvalue weighted by molar-refractivity contribution is -0.385. The molecule has 0 fully saturated rings. The maximum Gasteiger partial charge on any atom is 0.320 e. The lowest BCUT2D eigenvalue weighted by Gasteiger charge is -2.03. The van der Waals surface area contributed by atoms with E-state index in [-0.39, 0.29) is 11.4 Å². The van der Waals surface area contributed by atoms with Crippen molar-refractivity contribution in [1.29, 1.82) is 0 Å². The molecule has 0 atom stereocenters. The molecule has 3 aromatic rings. The van der Waals surface area contributed by atoms with Crippen molar-refractivity contribution < 1.29 is 9.72 Å². The minimum absolute atomic E-state index is 0.227. The molecule has 0 unspecified atom stereocenters. The van der Waals surface area contributed by atoms with Gasteiger partial charge in [-0.25, -0.2) is 0 Å². The zero-order valence-corrected chi connectivity index (χ0v) is 15.3. The van der Waals surface area contributed by atoms with Crippen LogP contribution < -0.4 is 5.32 Å². The van der Waals surface area contributed by atoms with Gasteiger partial charge in [0.15, 0.2) is 0 Å². The van der Waals surface area contributed by atoms with Crippen LogP contribution in [0.25, 0.3) is 0 Å². The van der Waals surface area contributed by atoms with E-state index in [2.05, 4.69) is 20.6 Å². The quantitative estimate of drug-likeness (QED) is 0.498. The van der Waals surface area contributed by atoms with Crippen LogP contribution in [0.5, 0.6) is 0 Å². The molecule has 0 aliphatic carbocycles. The second kappa shape index (κ2) is 7.40. The number of aryl methyl sites for hydroxylation is 2. The van der Waals surface area contributed by atoms with Crippen molar-refractivity contribution in [1.82, 2.24) is 29.3 Å². The van der Waals surface area contributed by atoms with Crippen molar-refractivity contribution in [3.8, 4) is 0 Å². The highest BCUT2D eigenvalue weighted by molar-refractivity contribution is 6.05. The van der Waals surface area contributed by atoms with E-state index in [0.717, 1.165) is 17.8 Å². The summed E-state index contributed by atoms with van der Waals surface area (Å²) in [6, 6.07) is 0. The van der Waals surface area contributed by atoms with Gasteiger partial charge < -0.3 is 5.32 Å². The van der Waals surface area contributed by atoms with E-state index < -0.39 is 10.8 Å². The van der Waals surface area contributed by atoms with Crippen molar-refractivity contribution in [2.45, 2.75) is 40.4 Å². The number of carbonyl (C=O) groups excluding carboxylic acids is 1. The third-order valence-electron chi connectivity index (χ3n) is 4.21. The molecule has 0 aromatic carbocycles.